The number of amides is 1. The van der Waals surface area contributed by atoms with E-state index in [-0.39, 0.29) is 40.7 Å². The number of benzene rings is 2. The molecular weight excluding hydrogens is 451 g/mol. The van der Waals surface area contributed by atoms with Gasteiger partial charge >= 0.3 is 12.1 Å². The van der Waals surface area contributed by atoms with Crippen molar-refractivity contribution in [2.45, 2.75) is 23.5 Å². The smallest absolute Gasteiger partial charge is 0.471 e. The van der Waals surface area contributed by atoms with Crippen molar-refractivity contribution in [3.05, 3.63) is 47.5 Å². The topological polar surface area (TPSA) is 109 Å². The van der Waals surface area contributed by atoms with Crippen LogP contribution in [0.5, 0.6) is 11.5 Å². The van der Waals surface area contributed by atoms with Crippen molar-refractivity contribution in [1.82, 2.24) is 4.90 Å². The molecule has 0 fully saturated rings. The normalized spacial score (nSPS) is 15.7. The van der Waals surface area contributed by atoms with Crippen molar-refractivity contribution >= 4 is 21.6 Å². The van der Waals surface area contributed by atoms with Crippen molar-refractivity contribution in [1.29, 1.82) is 5.26 Å². The van der Waals surface area contributed by atoms with Gasteiger partial charge in [-0.2, -0.15) is 18.4 Å². The Morgan fingerprint density at radius 3 is 2.47 bits per heavy atom. The van der Waals surface area contributed by atoms with Gasteiger partial charge in [0.05, 0.1) is 24.8 Å². The standard InChI is InChI=1S/C20H18F3N3O5S/c1-26(19(27)20(21,22)23)14-9-15-16(30-2)7-8-17(18(15)31-11-14)32(28,29)25-13-5-3-12(10-24)4-6-13/h3-8,14,25H,9,11H2,1-2H3. The van der Waals surface area contributed by atoms with Gasteiger partial charge in [0.2, 0.25) is 0 Å². The Morgan fingerprint density at radius 1 is 1.25 bits per heavy atom. The number of sulfonamides is 1. The van der Waals surface area contributed by atoms with Crippen molar-refractivity contribution in [2.24, 2.45) is 0 Å². The van der Waals surface area contributed by atoms with Gasteiger partial charge in [-0.25, -0.2) is 8.42 Å². The molecule has 2 aromatic rings. The first-order valence-corrected chi connectivity index (χ1v) is 10.7. The maximum Gasteiger partial charge on any atom is 0.471 e. The molecule has 1 amide bonds. The molecule has 8 nitrogen and oxygen atoms in total. The van der Waals surface area contributed by atoms with Crippen LogP contribution in [0.1, 0.15) is 11.1 Å². The monoisotopic (exact) mass is 469 g/mol. The van der Waals surface area contributed by atoms with E-state index in [9.17, 15) is 26.4 Å². The highest BCUT2D eigenvalue weighted by molar-refractivity contribution is 7.92. The zero-order valence-electron chi connectivity index (χ0n) is 16.9. The molecule has 1 unspecified atom stereocenters. The maximum atomic E-state index is 13.0. The molecule has 1 atom stereocenters. The molecule has 0 saturated carbocycles. The molecule has 1 N–H and O–H groups in total. The highest BCUT2D eigenvalue weighted by Crippen LogP contribution is 2.40. The van der Waals surface area contributed by atoms with Gasteiger partial charge in [-0.15, -0.1) is 0 Å². The van der Waals surface area contributed by atoms with Crippen LogP contribution in [0.15, 0.2) is 41.3 Å². The van der Waals surface area contributed by atoms with Gasteiger partial charge in [0, 0.05) is 24.7 Å². The summed E-state index contributed by atoms with van der Waals surface area (Å²) in [7, 11) is -1.82. The van der Waals surface area contributed by atoms with Crippen LogP contribution in [0, 0.1) is 11.3 Å². The fraction of sp³-hybridized carbons (Fsp3) is 0.300. The molecule has 1 aliphatic rings. The lowest BCUT2D eigenvalue weighted by molar-refractivity contribution is -0.186. The van der Waals surface area contributed by atoms with Gasteiger partial charge in [0.15, 0.2) is 0 Å². The average molecular weight is 469 g/mol. The number of anilines is 1. The van der Waals surface area contributed by atoms with Crippen LogP contribution in [0.25, 0.3) is 0 Å². The van der Waals surface area contributed by atoms with E-state index in [1.165, 1.54) is 43.5 Å². The molecule has 0 aromatic heterocycles. The van der Waals surface area contributed by atoms with Gasteiger partial charge in [-0.1, -0.05) is 0 Å². The molecule has 0 spiro atoms. The summed E-state index contributed by atoms with van der Waals surface area (Å²) in [5, 5.41) is 8.86. The molecule has 170 valence electrons. The van der Waals surface area contributed by atoms with E-state index in [0.717, 1.165) is 7.05 Å². The molecule has 2 aromatic carbocycles. The van der Waals surface area contributed by atoms with Crippen LogP contribution in [0.4, 0.5) is 18.9 Å². The zero-order valence-corrected chi connectivity index (χ0v) is 17.7. The summed E-state index contributed by atoms with van der Waals surface area (Å²) in [4.78, 5) is 11.9. The summed E-state index contributed by atoms with van der Waals surface area (Å²) in [5.41, 5.74) is 0.785. The Kier molecular flexibility index (Phi) is 6.23. The van der Waals surface area contributed by atoms with E-state index in [1.807, 2.05) is 6.07 Å². The fourth-order valence-corrected chi connectivity index (χ4v) is 4.48. The van der Waals surface area contributed by atoms with Gasteiger partial charge in [-0.3, -0.25) is 9.52 Å². The first kappa shape index (κ1) is 23.2. The summed E-state index contributed by atoms with van der Waals surface area (Å²) < 4.78 is 77.5. The largest absolute Gasteiger partial charge is 0.496 e. The van der Waals surface area contributed by atoms with E-state index in [4.69, 9.17) is 14.7 Å². The summed E-state index contributed by atoms with van der Waals surface area (Å²) in [6.07, 6.45) is -5.15. The minimum Gasteiger partial charge on any atom is -0.496 e. The molecule has 0 bridgehead atoms. The molecule has 1 aliphatic heterocycles. The number of nitrogens with one attached hydrogen (secondary N) is 1. The second-order valence-corrected chi connectivity index (χ2v) is 8.60. The van der Waals surface area contributed by atoms with Gasteiger partial charge in [0.1, 0.15) is 23.0 Å². The zero-order chi connectivity index (χ0) is 23.7. The number of fused-ring (bicyclic) bond motifs is 1. The number of rotatable bonds is 5. The summed E-state index contributed by atoms with van der Waals surface area (Å²) in [5.74, 6) is -1.87. The second kappa shape index (κ2) is 8.58. The molecule has 0 radical (unpaired) electrons. The van der Waals surface area contributed by atoms with Crippen molar-refractivity contribution < 1.29 is 35.9 Å². The summed E-state index contributed by atoms with van der Waals surface area (Å²) >= 11 is 0. The average Bonchev–Trinajstić information content (AvgIpc) is 2.76. The predicted molar refractivity (Wildman–Crippen MR) is 107 cm³/mol. The highest BCUT2D eigenvalue weighted by atomic mass is 32.2. The van der Waals surface area contributed by atoms with Crippen LogP contribution in [-0.2, 0) is 21.2 Å². The molecule has 0 aliphatic carbocycles. The summed E-state index contributed by atoms with van der Waals surface area (Å²) in [6.45, 7) is -0.335. The van der Waals surface area contributed by atoms with E-state index >= 15 is 0 Å². The number of methoxy groups -OCH3 is 1. The van der Waals surface area contributed by atoms with Gasteiger partial charge in [0.25, 0.3) is 10.0 Å². The molecule has 32 heavy (non-hydrogen) atoms. The first-order chi connectivity index (χ1) is 15.0. The Morgan fingerprint density at radius 2 is 1.91 bits per heavy atom. The van der Waals surface area contributed by atoms with E-state index in [0.29, 0.717) is 10.5 Å². The van der Waals surface area contributed by atoms with E-state index in [2.05, 4.69) is 4.72 Å². The molecule has 3 rings (SSSR count). The number of likely N-dealkylation sites (N-methyl/N-ethyl adjacent to an activating group) is 1. The van der Waals surface area contributed by atoms with Crippen LogP contribution in [0.3, 0.4) is 0 Å². The number of alkyl halides is 3. The number of hydrogen-bond acceptors (Lipinski definition) is 6. The van der Waals surface area contributed by atoms with Crippen LogP contribution in [0.2, 0.25) is 0 Å². The number of carbonyl (C=O) groups excluding carboxylic acids is 1. The van der Waals surface area contributed by atoms with Crippen LogP contribution in [-0.4, -0.2) is 52.2 Å². The number of ether oxygens (including phenoxy) is 2. The third-order valence-corrected chi connectivity index (χ3v) is 6.33. The van der Waals surface area contributed by atoms with Crippen LogP contribution >= 0.6 is 0 Å². The number of halogens is 3. The SMILES string of the molecule is COc1ccc(S(=O)(=O)Nc2ccc(C#N)cc2)c2c1CC(N(C)C(=O)C(F)(F)F)CO2. The lowest BCUT2D eigenvalue weighted by Crippen LogP contribution is -2.49. The maximum absolute atomic E-state index is 13.0. The minimum absolute atomic E-state index is 0.0606. The highest BCUT2D eigenvalue weighted by Gasteiger charge is 2.44. The predicted octanol–water partition coefficient (Wildman–Crippen LogP) is 2.69. The third-order valence-electron chi connectivity index (χ3n) is 4.93. The minimum atomic E-state index is -5.05. The quantitative estimate of drug-likeness (QED) is 0.721. The molecule has 12 heteroatoms. The van der Waals surface area contributed by atoms with E-state index < -0.39 is 28.1 Å². The molecule has 0 saturated heterocycles. The molecular formula is C20H18F3N3O5S. The number of carbonyl (C=O) groups is 1. The molecule has 1 heterocycles. The number of hydrogen-bond donors (Lipinski definition) is 1. The van der Waals surface area contributed by atoms with Crippen molar-refractivity contribution in [2.75, 3.05) is 25.5 Å². The van der Waals surface area contributed by atoms with E-state index in [1.54, 1.807) is 0 Å². The Bertz CT molecular complexity index is 1170. The van der Waals surface area contributed by atoms with Gasteiger partial charge in [-0.05, 0) is 36.4 Å². The fourth-order valence-electron chi connectivity index (χ4n) is 3.25. The number of nitrogens with zero attached hydrogens (tertiary/aromatic N) is 2. The Labute approximate surface area is 182 Å². The van der Waals surface area contributed by atoms with Crippen molar-refractivity contribution in [3.8, 4) is 17.6 Å². The Hall–Kier alpha value is -3.46. The third kappa shape index (κ3) is 4.57. The summed E-state index contributed by atoms with van der Waals surface area (Å²) in [6, 6.07) is 9.28. The number of nitriles is 1. The van der Waals surface area contributed by atoms with Crippen molar-refractivity contribution in [3.63, 3.8) is 0 Å². The lowest BCUT2D eigenvalue weighted by atomic mass is 10.0. The second-order valence-electron chi connectivity index (χ2n) is 6.95. The lowest BCUT2D eigenvalue weighted by Gasteiger charge is -2.34. The van der Waals surface area contributed by atoms with Crippen LogP contribution < -0.4 is 14.2 Å². The first-order valence-electron chi connectivity index (χ1n) is 9.17. The van der Waals surface area contributed by atoms with Gasteiger partial charge < -0.3 is 14.4 Å². The Balaban J connectivity index is 1.94.